The topological polar surface area (TPSA) is 20.3 Å². The summed E-state index contributed by atoms with van der Waals surface area (Å²) in [6.45, 7) is 0.664. The first-order valence-corrected chi connectivity index (χ1v) is 10.5. The van der Waals surface area contributed by atoms with Gasteiger partial charge < -0.3 is 4.90 Å². The molecule has 28 heavy (non-hydrogen) atoms. The van der Waals surface area contributed by atoms with Gasteiger partial charge in [-0.1, -0.05) is 12.1 Å². The fraction of sp³-hybridized carbons (Fsp3) is 0.682. The number of nitrogens with zero attached hydrogens (tertiary/aromatic N) is 1. The Bertz CT molecular complexity index is 761. The van der Waals surface area contributed by atoms with Gasteiger partial charge in [0.1, 0.15) is 5.82 Å². The van der Waals surface area contributed by atoms with Crippen LogP contribution in [0.15, 0.2) is 18.2 Å². The van der Waals surface area contributed by atoms with Crippen molar-refractivity contribution in [1.29, 1.82) is 0 Å². The Morgan fingerprint density at radius 3 is 2.25 bits per heavy atom. The zero-order valence-corrected chi connectivity index (χ0v) is 15.7. The van der Waals surface area contributed by atoms with Crippen LogP contribution in [0.4, 0.5) is 17.6 Å². The van der Waals surface area contributed by atoms with E-state index in [9.17, 15) is 22.4 Å². The summed E-state index contributed by atoms with van der Waals surface area (Å²) in [6, 6.07) is 3.67. The number of hydrogen-bond acceptors (Lipinski definition) is 1. The minimum atomic E-state index is -4.72. The maximum atomic E-state index is 14.4. The molecule has 5 aliphatic rings. The number of carbonyl (C=O) groups is 1. The summed E-state index contributed by atoms with van der Waals surface area (Å²) in [5, 5.41) is 0. The maximum absolute atomic E-state index is 14.4. The highest BCUT2D eigenvalue weighted by Gasteiger charge is 2.52. The lowest BCUT2D eigenvalue weighted by atomic mass is 9.54. The smallest absolute Gasteiger partial charge is 0.339 e. The number of carbonyl (C=O) groups excluding carboxylic acids is 1. The van der Waals surface area contributed by atoms with E-state index in [0.717, 1.165) is 17.9 Å². The lowest BCUT2D eigenvalue weighted by Gasteiger charge is -2.56. The summed E-state index contributed by atoms with van der Waals surface area (Å²) < 4.78 is 53.3. The van der Waals surface area contributed by atoms with Crippen LogP contribution in [0, 0.1) is 35.4 Å². The van der Waals surface area contributed by atoms with Crippen molar-refractivity contribution in [1.82, 2.24) is 4.90 Å². The first kappa shape index (κ1) is 18.4. The molecule has 4 saturated carbocycles. The van der Waals surface area contributed by atoms with Crippen molar-refractivity contribution >= 4 is 5.91 Å². The zero-order valence-electron chi connectivity index (χ0n) is 15.7. The summed E-state index contributed by atoms with van der Waals surface area (Å²) in [5.74, 6) is 1.21. The molecule has 1 saturated heterocycles. The van der Waals surface area contributed by atoms with Crippen molar-refractivity contribution in [3.63, 3.8) is 0 Å². The van der Waals surface area contributed by atoms with Crippen molar-refractivity contribution in [2.75, 3.05) is 6.54 Å². The van der Waals surface area contributed by atoms with Gasteiger partial charge in [-0.25, -0.2) is 4.39 Å². The fourth-order valence-electron chi connectivity index (χ4n) is 6.88. The van der Waals surface area contributed by atoms with E-state index in [-0.39, 0.29) is 17.9 Å². The number of amides is 1. The van der Waals surface area contributed by atoms with E-state index in [1.54, 1.807) is 0 Å². The van der Waals surface area contributed by atoms with Crippen LogP contribution >= 0.6 is 0 Å². The van der Waals surface area contributed by atoms with Gasteiger partial charge in [-0.3, -0.25) is 4.79 Å². The Morgan fingerprint density at radius 2 is 1.64 bits per heavy atom. The molecular weight excluding hydrogens is 370 g/mol. The van der Waals surface area contributed by atoms with E-state index < -0.39 is 23.5 Å². The summed E-state index contributed by atoms with van der Waals surface area (Å²) in [6.07, 6.45) is 2.17. The molecule has 1 aromatic carbocycles. The molecule has 1 heterocycles. The first-order valence-electron chi connectivity index (χ1n) is 10.5. The van der Waals surface area contributed by atoms with Crippen molar-refractivity contribution in [3.05, 3.63) is 35.1 Å². The Kier molecular flexibility index (Phi) is 4.25. The van der Waals surface area contributed by atoms with Crippen LogP contribution in [0.25, 0.3) is 0 Å². The predicted octanol–water partition coefficient (Wildman–Crippen LogP) is 5.06. The molecule has 0 aromatic heterocycles. The number of hydrogen-bond donors (Lipinski definition) is 0. The van der Waals surface area contributed by atoms with Gasteiger partial charge >= 0.3 is 6.18 Å². The van der Waals surface area contributed by atoms with Gasteiger partial charge in [0.2, 0.25) is 5.91 Å². The van der Waals surface area contributed by atoms with Crippen LogP contribution in [-0.4, -0.2) is 23.4 Å². The van der Waals surface area contributed by atoms with Crippen LogP contribution in [0.1, 0.15) is 49.7 Å². The van der Waals surface area contributed by atoms with Crippen molar-refractivity contribution in [2.45, 2.75) is 57.2 Å². The normalized spacial score (nSPS) is 37.1. The highest BCUT2D eigenvalue weighted by Crippen LogP contribution is 2.55. The average Bonchev–Trinajstić information content (AvgIpc) is 2.96. The molecule has 1 atom stereocenters. The second-order valence-electron chi connectivity index (χ2n) is 9.42. The molecule has 1 aliphatic heterocycles. The van der Waals surface area contributed by atoms with E-state index in [2.05, 4.69) is 0 Å². The highest BCUT2D eigenvalue weighted by atomic mass is 19.4. The van der Waals surface area contributed by atoms with Gasteiger partial charge in [-0.05, 0) is 80.2 Å². The first-order chi connectivity index (χ1) is 13.3. The summed E-state index contributed by atoms with van der Waals surface area (Å²) in [4.78, 5) is 15.1. The summed E-state index contributed by atoms with van der Waals surface area (Å²) >= 11 is 0. The third-order valence-electron chi connectivity index (χ3n) is 7.74. The van der Waals surface area contributed by atoms with Crippen LogP contribution in [0.2, 0.25) is 0 Å². The van der Waals surface area contributed by atoms with E-state index in [4.69, 9.17) is 0 Å². The Morgan fingerprint density at radius 1 is 1.00 bits per heavy atom. The molecule has 152 valence electrons. The maximum Gasteiger partial charge on any atom is 0.419 e. The summed E-state index contributed by atoms with van der Waals surface area (Å²) in [7, 11) is 0. The average molecular weight is 395 g/mol. The van der Waals surface area contributed by atoms with Gasteiger partial charge in [0.25, 0.3) is 0 Å². The molecule has 5 fully saturated rings. The molecular formula is C22H25F4NO. The molecule has 0 radical (unpaired) electrons. The summed E-state index contributed by atoms with van der Waals surface area (Å²) in [5.41, 5.74) is -1.24. The predicted molar refractivity (Wildman–Crippen MR) is 95.8 cm³/mol. The van der Waals surface area contributed by atoms with Crippen LogP contribution in [0.3, 0.4) is 0 Å². The molecule has 1 amide bonds. The Balaban J connectivity index is 1.32. The fourth-order valence-corrected chi connectivity index (χ4v) is 6.88. The minimum Gasteiger partial charge on any atom is -0.339 e. The second-order valence-corrected chi connectivity index (χ2v) is 9.42. The highest BCUT2D eigenvalue weighted by molar-refractivity contribution is 5.81. The SMILES string of the molecule is O=C1C(Cc2cccc(C(F)(F)F)c2F)CCN1C1C2CC3CC(C2)CC1C3. The minimum absolute atomic E-state index is 0.0000998. The quantitative estimate of drug-likeness (QED) is 0.655. The Labute approximate surface area is 162 Å². The standard InChI is InChI=1S/C22H25F4NO/c23-19-14(2-1-3-18(19)22(24,25)26)11-15-4-5-27(21(15)28)20-16-7-12-6-13(9-16)10-17(20)8-12/h1-3,12-13,15-17,20H,4-11H2. The van der Waals surface area contributed by atoms with Crippen LogP contribution in [0.5, 0.6) is 0 Å². The lowest BCUT2D eigenvalue weighted by Crippen LogP contribution is -2.56. The van der Waals surface area contributed by atoms with Gasteiger partial charge in [0.15, 0.2) is 0 Å². The van der Waals surface area contributed by atoms with Crippen LogP contribution in [-0.2, 0) is 17.4 Å². The zero-order chi connectivity index (χ0) is 19.6. The number of halogens is 4. The number of benzene rings is 1. The van der Waals surface area contributed by atoms with Crippen molar-refractivity contribution in [3.8, 4) is 0 Å². The molecule has 0 N–H and O–H groups in total. The van der Waals surface area contributed by atoms with E-state index in [1.165, 1.54) is 44.2 Å². The molecule has 0 spiro atoms. The van der Waals surface area contributed by atoms with Crippen molar-refractivity contribution in [2.24, 2.45) is 29.6 Å². The lowest BCUT2D eigenvalue weighted by molar-refractivity contribution is -0.141. The number of rotatable bonds is 3. The number of likely N-dealkylation sites (tertiary alicyclic amines) is 1. The van der Waals surface area contributed by atoms with Gasteiger partial charge in [0.05, 0.1) is 5.56 Å². The van der Waals surface area contributed by atoms with Crippen LogP contribution < -0.4 is 0 Å². The molecule has 6 rings (SSSR count). The van der Waals surface area contributed by atoms with Gasteiger partial charge in [-0.2, -0.15) is 13.2 Å². The molecule has 1 aromatic rings. The molecule has 4 aliphatic carbocycles. The van der Waals surface area contributed by atoms with E-state index >= 15 is 0 Å². The largest absolute Gasteiger partial charge is 0.419 e. The Hall–Kier alpha value is -1.59. The molecule has 2 nitrogen and oxygen atoms in total. The molecule has 1 unspecified atom stereocenters. The van der Waals surface area contributed by atoms with Crippen molar-refractivity contribution < 1.29 is 22.4 Å². The van der Waals surface area contributed by atoms with E-state index in [0.29, 0.717) is 30.8 Å². The monoisotopic (exact) mass is 395 g/mol. The van der Waals surface area contributed by atoms with Gasteiger partial charge in [0, 0.05) is 18.5 Å². The molecule has 6 heteroatoms. The third kappa shape index (κ3) is 2.94. The molecule has 4 bridgehead atoms. The third-order valence-corrected chi connectivity index (χ3v) is 7.74. The van der Waals surface area contributed by atoms with Gasteiger partial charge in [-0.15, -0.1) is 0 Å². The van der Waals surface area contributed by atoms with E-state index in [1.807, 2.05) is 4.90 Å². The second kappa shape index (κ2) is 6.46. The number of alkyl halides is 3.